The second-order valence-electron chi connectivity index (χ2n) is 10.7. The number of carbonyl (C=O) groups is 2. The Bertz CT molecular complexity index is 1410. The number of benzene rings is 3. The van der Waals surface area contributed by atoms with E-state index in [0.717, 1.165) is 9.87 Å². The summed E-state index contributed by atoms with van der Waals surface area (Å²) in [7, 11) is -4.11. The molecule has 0 aliphatic carbocycles. The first-order chi connectivity index (χ1) is 19.4. The molecule has 2 amide bonds. The lowest BCUT2D eigenvalue weighted by atomic mass is 10.0. The lowest BCUT2D eigenvalue weighted by Gasteiger charge is -2.33. The maximum atomic E-state index is 14.1. The Morgan fingerprint density at radius 3 is 2.05 bits per heavy atom. The van der Waals surface area contributed by atoms with Crippen LogP contribution in [0.4, 0.5) is 5.69 Å². The second kappa shape index (κ2) is 14.5. The zero-order chi connectivity index (χ0) is 30.2. The average Bonchev–Trinajstić information content (AvgIpc) is 2.96. The van der Waals surface area contributed by atoms with E-state index in [1.54, 1.807) is 48.5 Å². The van der Waals surface area contributed by atoms with Crippen LogP contribution in [0.3, 0.4) is 0 Å². The van der Waals surface area contributed by atoms with Crippen molar-refractivity contribution < 1.29 is 18.0 Å². The van der Waals surface area contributed by atoms with Crippen LogP contribution >= 0.6 is 11.6 Å². The summed E-state index contributed by atoms with van der Waals surface area (Å²) in [5.41, 5.74) is 2.07. The van der Waals surface area contributed by atoms with Crippen LogP contribution in [0.1, 0.15) is 58.1 Å². The molecule has 9 heteroatoms. The highest BCUT2D eigenvalue weighted by Crippen LogP contribution is 2.27. The monoisotopic (exact) mass is 597 g/mol. The maximum absolute atomic E-state index is 14.1. The number of carbonyl (C=O) groups excluding carboxylic acids is 2. The zero-order valence-corrected chi connectivity index (χ0v) is 26.0. The third-order valence-electron chi connectivity index (χ3n) is 6.83. The van der Waals surface area contributed by atoms with Crippen molar-refractivity contribution in [3.05, 3.63) is 95.0 Å². The third kappa shape index (κ3) is 8.33. The molecule has 0 unspecified atom stereocenters. The molecular formula is C32H40ClN3O4S. The number of sulfonamides is 1. The summed E-state index contributed by atoms with van der Waals surface area (Å²) in [6.45, 7) is 9.94. The van der Waals surface area contributed by atoms with Gasteiger partial charge in [-0.05, 0) is 59.7 Å². The van der Waals surface area contributed by atoms with Crippen molar-refractivity contribution in [1.82, 2.24) is 10.2 Å². The molecule has 7 nitrogen and oxygen atoms in total. The molecular weight excluding hydrogens is 558 g/mol. The molecule has 3 aromatic rings. The molecule has 41 heavy (non-hydrogen) atoms. The molecule has 0 saturated carbocycles. The van der Waals surface area contributed by atoms with Crippen LogP contribution in [0.5, 0.6) is 0 Å². The minimum atomic E-state index is -4.11. The van der Waals surface area contributed by atoms with E-state index in [4.69, 9.17) is 11.6 Å². The molecule has 0 aliphatic rings. The van der Waals surface area contributed by atoms with E-state index in [2.05, 4.69) is 19.2 Å². The van der Waals surface area contributed by atoms with Gasteiger partial charge in [0.15, 0.2) is 0 Å². The van der Waals surface area contributed by atoms with Gasteiger partial charge in [-0.15, -0.1) is 0 Å². The molecule has 220 valence electrons. The molecule has 0 aromatic heterocycles. The summed E-state index contributed by atoms with van der Waals surface area (Å²) >= 11 is 6.45. The number of anilines is 1. The van der Waals surface area contributed by atoms with E-state index in [-0.39, 0.29) is 29.2 Å². The normalized spacial score (nSPS) is 12.3. The summed E-state index contributed by atoms with van der Waals surface area (Å²) in [5.74, 6) is -0.320. The van der Waals surface area contributed by atoms with Crippen LogP contribution in [-0.4, -0.2) is 44.3 Å². The van der Waals surface area contributed by atoms with Crippen molar-refractivity contribution in [3.63, 3.8) is 0 Å². The van der Waals surface area contributed by atoms with E-state index in [0.29, 0.717) is 29.2 Å². The number of rotatable bonds is 13. The highest BCUT2D eigenvalue weighted by molar-refractivity contribution is 7.92. The Morgan fingerprint density at radius 2 is 1.49 bits per heavy atom. The molecule has 3 aromatic carbocycles. The first-order valence-corrected chi connectivity index (χ1v) is 15.8. The lowest BCUT2D eigenvalue weighted by Crippen LogP contribution is -2.52. The van der Waals surface area contributed by atoms with E-state index in [9.17, 15) is 18.0 Å². The van der Waals surface area contributed by atoms with Gasteiger partial charge in [0.05, 0.1) is 10.6 Å². The van der Waals surface area contributed by atoms with Crippen molar-refractivity contribution in [1.29, 1.82) is 0 Å². The standard InChI is InChI=1S/C32H40ClN3O4S/c1-6-30(32(38)34-20-23(2)3)35(21-26-12-10-11-15-29(26)33)31(37)22-36(27-18-16-25(17-19-27)24(4)5)41(39,40)28-13-8-7-9-14-28/h7-19,23-24,30H,6,20-22H2,1-5H3,(H,34,38)/t30-/m0/s1. The molecule has 1 N–H and O–H groups in total. The van der Waals surface area contributed by atoms with E-state index in [1.807, 2.05) is 39.0 Å². The SMILES string of the molecule is CC[C@@H](C(=O)NCC(C)C)N(Cc1ccccc1Cl)C(=O)CN(c1ccc(C(C)C)cc1)S(=O)(=O)c1ccccc1. The Hall–Kier alpha value is -3.36. The number of nitrogens with zero attached hydrogens (tertiary/aromatic N) is 2. The smallest absolute Gasteiger partial charge is 0.264 e. The molecule has 0 fully saturated rings. The lowest BCUT2D eigenvalue weighted by molar-refractivity contribution is -0.140. The van der Waals surface area contributed by atoms with E-state index < -0.39 is 28.5 Å². The van der Waals surface area contributed by atoms with E-state index >= 15 is 0 Å². The molecule has 0 spiro atoms. The van der Waals surface area contributed by atoms with Gasteiger partial charge in [-0.1, -0.05) is 94.8 Å². The number of halogens is 1. The quantitative estimate of drug-likeness (QED) is 0.253. The average molecular weight is 598 g/mol. The van der Waals surface area contributed by atoms with Gasteiger partial charge in [0, 0.05) is 18.1 Å². The second-order valence-corrected chi connectivity index (χ2v) is 13.0. The molecule has 0 aliphatic heterocycles. The Labute approximate surface area is 249 Å². The summed E-state index contributed by atoms with van der Waals surface area (Å²) in [4.78, 5) is 28.9. The van der Waals surface area contributed by atoms with Gasteiger partial charge in [-0.3, -0.25) is 13.9 Å². The predicted molar refractivity (Wildman–Crippen MR) is 165 cm³/mol. The first-order valence-electron chi connectivity index (χ1n) is 13.9. The number of amides is 2. The van der Waals surface area contributed by atoms with E-state index in [1.165, 1.54) is 17.0 Å². The highest BCUT2D eigenvalue weighted by atomic mass is 35.5. The van der Waals surface area contributed by atoms with Crippen molar-refractivity contribution in [2.24, 2.45) is 5.92 Å². The fraction of sp³-hybridized carbons (Fsp3) is 0.375. The van der Waals surface area contributed by atoms with Crippen molar-refractivity contribution in [2.75, 3.05) is 17.4 Å². The van der Waals surface area contributed by atoms with Gasteiger partial charge in [0.25, 0.3) is 10.0 Å². The molecule has 0 radical (unpaired) electrons. The number of hydrogen-bond donors (Lipinski definition) is 1. The van der Waals surface area contributed by atoms with Crippen LogP contribution in [-0.2, 0) is 26.2 Å². The molecule has 0 bridgehead atoms. The summed E-state index contributed by atoms with van der Waals surface area (Å²) < 4.78 is 29.0. The Balaban J connectivity index is 2.06. The minimum absolute atomic E-state index is 0.0532. The summed E-state index contributed by atoms with van der Waals surface area (Å²) in [6.07, 6.45) is 0.342. The zero-order valence-electron chi connectivity index (χ0n) is 24.4. The van der Waals surface area contributed by atoms with Crippen molar-refractivity contribution >= 4 is 39.1 Å². The van der Waals surface area contributed by atoms with Gasteiger partial charge < -0.3 is 10.2 Å². The van der Waals surface area contributed by atoms with Gasteiger partial charge in [-0.2, -0.15) is 0 Å². The summed E-state index contributed by atoms with van der Waals surface area (Å²) in [6, 6.07) is 21.5. The van der Waals surface area contributed by atoms with Crippen molar-refractivity contribution in [3.8, 4) is 0 Å². The molecule has 1 atom stereocenters. The van der Waals surface area contributed by atoms with Crippen LogP contribution in [0.25, 0.3) is 0 Å². The van der Waals surface area contributed by atoms with Crippen LogP contribution in [0, 0.1) is 5.92 Å². The fourth-order valence-electron chi connectivity index (χ4n) is 4.43. The fourth-order valence-corrected chi connectivity index (χ4v) is 6.06. The number of hydrogen-bond acceptors (Lipinski definition) is 4. The van der Waals surface area contributed by atoms with Crippen LogP contribution < -0.4 is 9.62 Å². The Morgan fingerprint density at radius 1 is 0.878 bits per heavy atom. The van der Waals surface area contributed by atoms with Gasteiger partial charge >= 0.3 is 0 Å². The van der Waals surface area contributed by atoms with Gasteiger partial charge in [0.2, 0.25) is 11.8 Å². The van der Waals surface area contributed by atoms with Gasteiger partial charge in [0.1, 0.15) is 12.6 Å². The minimum Gasteiger partial charge on any atom is -0.354 e. The first kappa shape index (κ1) is 32.2. The third-order valence-corrected chi connectivity index (χ3v) is 8.98. The maximum Gasteiger partial charge on any atom is 0.264 e. The topological polar surface area (TPSA) is 86.8 Å². The summed E-state index contributed by atoms with van der Waals surface area (Å²) in [5, 5.41) is 3.39. The molecule has 0 heterocycles. The largest absolute Gasteiger partial charge is 0.354 e. The number of nitrogens with one attached hydrogen (secondary N) is 1. The van der Waals surface area contributed by atoms with Gasteiger partial charge in [-0.25, -0.2) is 8.42 Å². The Kier molecular flexibility index (Phi) is 11.4. The molecule has 3 rings (SSSR count). The molecule has 0 saturated heterocycles. The van der Waals surface area contributed by atoms with Crippen LogP contribution in [0.2, 0.25) is 5.02 Å². The van der Waals surface area contributed by atoms with Crippen LogP contribution in [0.15, 0.2) is 83.8 Å². The predicted octanol–water partition coefficient (Wildman–Crippen LogP) is 6.24. The van der Waals surface area contributed by atoms with Crippen molar-refractivity contribution in [2.45, 2.75) is 64.4 Å². The highest BCUT2D eigenvalue weighted by Gasteiger charge is 2.34.